The molecule has 0 spiro atoms. The number of ether oxygens (including phenoxy) is 1. The molecule has 1 aromatic carbocycles. The topological polar surface area (TPSA) is 29.5 Å². The summed E-state index contributed by atoms with van der Waals surface area (Å²) in [5.74, 6) is 7.77. The molecule has 1 atom stereocenters. The average Bonchev–Trinajstić information content (AvgIpc) is 2.61. The monoisotopic (exact) mass is 309 g/mol. The maximum atomic E-state index is 11.7. The number of benzene rings is 1. The molecule has 4 rings (SSSR count). The quantitative estimate of drug-likeness (QED) is 0.488. The second-order valence-corrected chi connectivity index (χ2v) is 6.37. The molecule has 0 saturated carbocycles. The number of hydrogen-bond donors (Lipinski definition) is 0. The zero-order chi connectivity index (χ0) is 16.2. The SMILES string of the molecule is C=CCc1cc(C(=O)OC)ccc1C#CC1CN2CCC1CC2. The van der Waals surface area contributed by atoms with Gasteiger partial charge >= 0.3 is 5.97 Å². The number of hydrogen-bond acceptors (Lipinski definition) is 3. The van der Waals surface area contributed by atoms with Crippen molar-refractivity contribution >= 4 is 5.97 Å². The molecule has 3 saturated heterocycles. The van der Waals surface area contributed by atoms with Crippen molar-refractivity contribution in [1.82, 2.24) is 4.90 Å². The van der Waals surface area contributed by atoms with Crippen LogP contribution in [0.25, 0.3) is 0 Å². The highest BCUT2D eigenvalue weighted by Crippen LogP contribution is 2.31. The molecule has 3 aliphatic heterocycles. The Hall–Kier alpha value is -2.05. The van der Waals surface area contributed by atoms with Gasteiger partial charge in [0, 0.05) is 18.0 Å². The van der Waals surface area contributed by atoms with Crippen molar-refractivity contribution < 1.29 is 9.53 Å². The molecule has 0 radical (unpaired) electrons. The maximum Gasteiger partial charge on any atom is 0.337 e. The van der Waals surface area contributed by atoms with Gasteiger partial charge in [-0.2, -0.15) is 0 Å². The second-order valence-electron chi connectivity index (χ2n) is 6.37. The molecule has 3 aliphatic rings. The van der Waals surface area contributed by atoms with Crippen molar-refractivity contribution in [2.45, 2.75) is 19.3 Å². The molecule has 2 bridgehead atoms. The summed E-state index contributed by atoms with van der Waals surface area (Å²) in [6.07, 6.45) is 5.10. The minimum Gasteiger partial charge on any atom is -0.465 e. The third-order valence-electron chi connectivity index (χ3n) is 4.94. The number of carbonyl (C=O) groups excluding carboxylic acids is 1. The van der Waals surface area contributed by atoms with Gasteiger partial charge in [-0.15, -0.1) is 6.58 Å². The van der Waals surface area contributed by atoms with E-state index in [1.807, 2.05) is 18.2 Å². The van der Waals surface area contributed by atoms with Gasteiger partial charge in [-0.25, -0.2) is 4.79 Å². The number of fused-ring (bicyclic) bond motifs is 3. The van der Waals surface area contributed by atoms with Gasteiger partial charge in [-0.3, -0.25) is 0 Å². The van der Waals surface area contributed by atoms with E-state index in [-0.39, 0.29) is 5.97 Å². The fraction of sp³-hybridized carbons (Fsp3) is 0.450. The molecule has 23 heavy (non-hydrogen) atoms. The van der Waals surface area contributed by atoms with Crippen LogP contribution in [0.15, 0.2) is 30.9 Å². The highest BCUT2D eigenvalue weighted by atomic mass is 16.5. The summed E-state index contributed by atoms with van der Waals surface area (Å²) >= 11 is 0. The zero-order valence-corrected chi connectivity index (χ0v) is 13.7. The van der Waals surface area contributed by atoms with E-state index in [2.05, 4.69) is 23.3 Å². The molecule has 0 aromatic heterocycles. The van der Waals surface area contributed by atoms with Crippen LogP contribution in [0.3, 0.4) is 0 Å². The Bertz CT molecular complexity index is 660. The Morgan fingerprint density at radius 1 is 1.43 bits per heavy atom. The number of carbonyl (C=O) groups is 1. The van der Waals surface area contributed by atoms with E-state index >= 15 is 0 Å². The van der Waals surface area contributed by atoms with Gasteiger partial charge in [0.05, 0.1) is 12.7 Å². The predicted molar refractivity (Wildman–Crippen MR) is 91.2 cm³/mol. The van der Waals surface area contributed by atoms with E-state index in [9.17, 15) is 4.79 Å². The van der Waals surface area contributed by atoms with Crippen molar-refractivity contribution in [2.24, 2.45) is 11.8 Å². The lowest BCUT2D eigenvalue weighted by Gasteiger charge is -2.42. The normalized spacial score (nSPS) is 25.3. The molecule has 1 unspecified atom stereocenters. The number of nitrogens with zero attached hydrogens (tertiary/aromatic N) is 1. The number of rotatable bonds is 3. The highest BCUT2D eigenvalue weighted by molar-refractivity contribution is 5.89. The van der Waals surface area contributed by atoms with Crippen LogP contribution in [0.1, 0.15) is 34.3 Å². The first kappa shape index (κ1) is 15.8. The van der Waals surface area contributed by atoms with E-state index in [1.165, 1.54) is 33.0 Å². The van der Waals surface area contributed by atoms with E-state index in [1.54, 1.807) is 6.07 Å². The van der Waals surface area contributed by atoms with Crippen LogP contribution >= 0.6 is 0 Å². The number of piperidine rings is 3. The van der Waals surface area contributed by atoms with Crippen LogP contribution in [0.5, 0.6) is 0 Å². The van der Waals surface area contributed by atoms with Crippen molar-refractivity contribution in [2.75, 3.05) is 26.7 Å². The molecule has 0 N–H and O–H groups in total. The second kappa shape index (κ2) is 7.02. The van der Waals surface area contributed by atoms with Crippen LogP contribution in [-0.2, 0) is 11.2 Å². The van der Waals surface area contributed by atoms with E-state index in [0.717, 1.165) is 23.6 Å². The first-order chi connectivity index (χ1) is 11.2. The minimum atomic E-state index is -0.313. The summed E-state index contributed by atoms with van der Waals surface area (Å²) in [6, 6.07) is 5.59. The summed E-state index contributed by atoms with van der Waals surface area (Å²) in [6.45, 7) is 7.38. The zero-order valence-electron chi connectivity index (χ0n) is 13.7. The molecule has 3 fully saturated rings. The van der Waals surface area contributed by atoms with E-state index in [0.29, 0.717) is 17.9 Å². The molecule has 1 aromatic rings. The number of methoxy groups -OCH3 is 1. The Morgan fingerprint density at radius 3 is 2.83 bits per heavy atom. The average molecular weight is 309 g/mol. The molecule has 3 nitrogen and oxygen atoms in total. The largest absolute Gasteiger partial charge is 0.465 e. The fourth-order valence-electron chi connectivity index (χ4n) is 3.58. The first-order valence-electron chi connectivity index (χ1n) is 8.27. The van der Waals surface area contributed by atoms with Crippen LogP contribution in [0, 0.1) is 23.7 Å². The number of allylic oxidation sites excluding steroid dienone is 1. The Kier molecular flexibility index (Phi) is 4.83. The Labute approximate surface area is 138 Å². The van der Waals surface area contributed by atoms with Gasteiger partial charge in [-0.1, -0.05) is 17.9 Å². The third kappa shape index (κ3) is 3.48. The van der Waals surface area contributed by atoms with Crippen molar-refractivity contribution in [3.8, 4) is 11.8 Å². The standard InChI is InChI=1S/C20H23NO2/c1-3-4-17-13-18(20(22)23-2)7-5-15(17)6-8-19-14-21-11-9-16(19)10-12-21/h3,5,7,13,16,19H,1,4,9-12,14H2,2H3. The first-order valence-corrected chi connectivity index (χ1v) is 8.27. The third-order valence-corrected chi connectivity index (χ3v) is 4.94. The maximum absolute atomic E-state index is 11.7. The van der Waals surface area contributed by atoms with Crippen LogP contribution in [-0.4, -0.2) is 37.6 Å². The van der Waals surface area contributed by atoms with Gasteiger partial charge in [0.1, 0.15) is 0 Å². The van der Waals surface area contributed by atoms with Crippen LogP contribution in [0.2, 0.25) is 0 Å². The summed E-state index contributed by atoms with van der Waals surface area (Å²) < 4.78 is 4.79. The van der Waals surface area contributed by atoms with Crippen molar-refractivity contribution in [3.05, 3.63) is 47.5 Å². The Morgan fingerprint density at radius 2 is 2.22 bits per heavy atom. The van der Waals surface area contributed by atoms with E-state index in [4.69, 9.17) is 4.74 Å². The van der Waals surface area contributed by atoms with Gasteiger partial charge in [0.2, 0.25) is 0 Å². The van der Waals surface area contributed by atoms with Gasteiger partial charge < -0.3 is 9.64 Å². The number of esters is 1. The molecule has 0 aliphatic carbocycles. The lowest BCUT2D eigenvalue weighted by Crippen LogP contribution is -2.46. The minimum absolute atomic E-state index is 0.313. The molecular formula is C20H23NO2. The van der Waals surface area contributed by atoms with Crippen LogP contribution in [0.4, 0.5) is 0 Å². The van der Waals surface area contributed by atoms with Crippen molar-refractivity contribution in [1.29, 1.82) is 0 Å². The molecular weight excluding hydrogens is 286 g/mol. The molecule has 120 valence electrons. The molecule has 3 heterocycles. The predicted octanol–water partition coefficient (Wildman–Crippen LogP) is 2.90. The Balaban J connectivity index is 1.83. The van der Waals surface area contributed by atoms with Crippen molar-refractivity contribution in [3.63, 3.8) is 0 Å². The summed E-state index contributed by atoms with van der Waals surface area (Å²) in [4.78, 5) is 14.2. The molecule has 0 amide bonds. The van der Waals surface area contributed by atoms with Gasteiger partial charge in [0.15, 0.2) is 0 Å². The lowest BCUT2D eigenvalue weighted by atomic mass is 9.79. The summed E-state index contributed by atoms with van der Waals surface area (Å²) in [5, 5.41) is 0. The van der Waals surface area contributed by atoms with E-state index < -0.39 is 0 Å². The highest BCUT2D eigenvalue weighted by Gasteiger charge is 2.32. The molecule has 3 heteroatoms. The summed E-state index contributed by atoms with van der Waals surface area (Å²) in [7, 11) is 1.40. The fourth-order valence-corrected chi connectivity index (χ4v) is 3.58. The van der Waals surface area contributed by atoms with Gasteiger partial charge in [0.25, 0.3) is 0 Å². The smallest absolute Gasteiger partial charge is 0.337 e. The van der Waals surface area contributed by atoms with Gasteiger partial charge in [-0.05, 0) is 62.0 Å². The van der Waals surface area contributed by atoms with Crippen LogP contribution < -0.4 is 0 Å². The summed E-state index contributed by atoms with van der Waals surface area (Å²) in [5.41, 5.74) is 2.60. The lowest BCUT2D eigenvalue weighted by molar-refractivity contribution is 0.0600.